The Kier molecular flexibility index (Phi) is 3.84. The van der Waals surface area contributed by atoms with Crippen LogP contribution in [0.5, 0.6) is 0 Å². The molecular formula is C12H15N3O2S. The number of hydrogen-bond acceptors (Lipinski definition) is 4. The van der Waals surface area contributed by atoms with Gasteiger partial charge in [-0.25, -0.2) is 8.42 Å². The van der Waals surface area contributed by atoms with E-state index in [1.807, 2.05) is 30.3 Å². The Morgan fingerprint density at radius 3 is 2.28 bits per heavy atom. The third-order valence-electron chi connectivity index (χ3n) is 3.00. The van der Waals surface area contributed by atoms with Crippen LogP contribution in [0, 0.1) is 11.3 Å². The number of sulfonamides is 1. The number of hydrogen-bond donors (Lipinski definition) is 0. The Labute approximate surface area is 107 Å². The molecular weight excluding hydrogens is 250 g/mol. The van der Waals surface area contributed by atoms with Crippen LogP contribution in [-0.4, -0.2) is 44.7 Å². The lowest BCUT2D eigenvalue weighted by Crippen LogP contribution is -2.49. The molecule has 0 spiro atoms. The van der Waals surface area contributed by atoms with Gasteiger partial charge >= 0.3 is 0 Å². The van der Waals surface area contributed by atoms with E-state index in [2.05, 4.69) is 4.90 Å². The fraction of sp³-hybridized carbons (Fsp3) is 0.417. The minimum absolute atomic E-state index is 0.432. The Morgan fingerprint density at radius 1 is 1.11 bits per heavy atom. The van der Waals surface area contributed by atoms with Crippen LogP contribution in [0.3, 0.4) is 0 Å². The molecule has 18 heavy (non-hydrogen) atoms. The largest absolute Gasteiger partial charge is 0.369 e. The predicted molar refractivity (Wildman–Crippen MR) is 69.6 cm³/mol. The van der Waals surface area contributed by atoms with Gasteiger partial charge in [0.15, 0.2) is 5.75 Å². The molecule has 2 rings (SSSR count). The van der Waals surface area contributed by atoms with Gasteiger partial charge in [0.1, 0.15) is 0 Å². The molecule has 1 aromatic rings. The second kappa shape index (κ2) is 5.38. The second-order valence-electron chi connectivity index (χ2n) is 4.14. The fourth-order valence-corrected chi connectivity index (χ4v) is 3.10. The predicted octanol–water partition coefficient (Wildman–Crippen LogP) is 0.662. The third kappa shape index (κ3) is 2.81. The number of rotatable bonds is 3. The zero-order chi connectivity index (χ0) is 13.0. The van der Waals surface area contributed by atoms with E-state index in [0.717, 1.165) is 5.69 Å². The van der Waals surface area contributed by atoms with Crippen molar-refractivity contribution >= 4 is 15.7 Å². The average Bonchev–Trinajstić information content (AvgIpc) is 2.40. The van der Waals surface area contributed by atoms with Crippen molar-refractivity contribution in [2.45, 2.75) is 0 Å². The normalized spacial score (nSPS) is 17.4. The molecule has 1 aromatic carbocycles. The minimum Gasteiger partial charge on any atom is -0.369 e. The highest BCUT2D eigenvalue weighted by Crippen LogP contribution is 2.16. The van der Waals surface area contributed by atoms with Crippen LogP contribution < -0.4 is 4.90 Å². The maximum Gasteiger partial charge on any atom is 0.227 e. The lowest BCUT2D eigenvalue weighted by Gasteiger charge is -2.34. The molecule has 1 heterocycles. The number of nitrogens with zero attached hydrogens (tertiary/aromatic N) is 3. The molecule has 96 valence electrons. The smallest absolute Gasteiger partial charge is 0.227 e. The Hall–Kier alpha value is -1.58. The van der Waals surface area contributed by atoms with Gasteiger partial charge < -0.3 is 4.90 Å². The van der Waals surface area contributed by atoms with Crippen LogP contribution >= 0.6 is 0 Å². The van der Waals surface area contributed by atoms with Gasteiger partial charge in [-0.05, 0) is 12.1 Å². The van der Waals surface area contributed by atoms with E-state index in [1.54, 1.807) is 6.07 Å². The summed E-state index contributed by atoms with van der Waals surface area (Å²) in [5, 5.41) is 8.50. The van der Waals surface area contributed by atoms with Crippen molar-refractivity contribution in [2.75, 3.05) is 36.8 Å². The first kappa shape index (κ1) is 12.9. The summed E-state index contributed by atoms with van der Waals surface area (Å²) in [4.78, 5) is 2.15. The molecule has 0 aromatic heterocycles. The van der Waals surface area contributed by atoms with Crippen LogP contribution in [0.1, 0.15) is 0 Å². The summed E-state index contributed by atoms with van der Waals surface area (Å²) in [5.41, 5.74) is 1.11. The molecule has 0 bridgehead atoms. The summed E-state index contributed by atoms with van der Waals surface area (Å²) in [7, 11) is -3.39. The summed E-state index contributed by atoms with van der Waals surface area (Å²) in [5.74, 6) is -0.432. The maximum absolute atomic E-state index is 11.7. The van der Waals surface area contributed by atoms with Crippen LogP contribution in [0.25, 0.3) is 0 Å². The van der Waals surface area contributed by atoms with Crippen LogP contribution in [0.4, 0.5) is 5.69 Å². The summed E-state index contributed by atoms with van der Waals surface area (Å²) in [6, 6.07) is 11.6. The molecule has 1 aliphatic heterocycles. The summed E-state index contributed by atoms with van der Waals surface area (Å²) in [6.45, 7) is 2.21. The van der Waals surface area contributed by atoms with Crippen molar-refractivity contribution in [3.05, 3.63) is 30.3 Å². The van der Waals surface area contributed by atoms with E-state index < -0.39 is 15.8 Å². The summed E-state index contributed by atoms with van der Waals surface area (Å²) in [6.07, 6.45) is 0. The van der Waals surface area contributed by atoms with Gasteiger partial charge in [-0.15, -0.1) is 0 Å². The highest BCUT2D eigenvalue weighted by Gasteiger charge is 2.26. The zero-order valence-corrected chi connectivity index (χ0v) is 10.8. The third-order valence-corrected chi connectivity index (χ3v) is 4.65. The monoisotopic (exact) mass is 265 g/mol. The molecule has 0 aliphatic carbocycles. The van der Waals surface area contributed by atoms with Gasteiger partial charge in [-0.2, -0.15) is 9.57 Å². The van der Waals surface area contributed by atoms with Crippen molar-refractivity contribution < 1.29 is 8.42 Å². The SMILES string of the molecule is N#CCS(=O)(=O)N1CCN(c2ccccc2)CC1. The van der Waals surface area contributed by atoms with Crippen molar-refractivity contribution in [3.63, 3.8) is 0 Å². The van der Waals surface area contributed by atoms with E-state index >= 15 is 0 Å². The molecule has 0 atom stereocenters. The molecule has 1 fully saturated rings. The first-order chi connectivity index (χ1) is 8.63. The van der Waals surface area contributed by atoms with Crippen LogP contribution in [-0.2, 0) is 10.0 Å². The van der Waals surface area contributed by atoms with Crippen molar-refractivity contribution in [2.24, 2.45) is 0 Å². The highest BCUT2D eigenvalue weighted by molar-refractivity contribution is 7.89. The molecule has 0 unspecified atom stereocenters. The molecule has 0 amide bonds. The van der Waals surface area contributed by atoms with E-state index in [0.29, 0.717) is 26.2 Å². The highest BCUT2D eigenvalue weighted by atomic mass is 32.2. The Bertz CT molecular complexity index is 528. The number of nitriles is 1. The minimum atomic E-state index is -3.39. The molecule has 0 N–H and O–H groups in total. The zero-order valence-electron chi connectivity index (χ0n) is 9.99. The first-order valence-electron chi connectivity index (χ1n) is 5.78. The van der Waals surface area contributed by atoms with Crippen LogP contribution in [0.2, 0.25) is 0 Å². The van der Waals surface area contributed by atoms with E-state index in [9.17, 15) is 8.42 Å². The van der Waals surface area contributed by atoms with E-state index in [-0.39, 0.29) is 0 Å². The number of piperazine rings is 1. The maximum atomic E-state index is 11.7. The molecule has 1 aliphatic rings. The summed E-state index contributed by atoms with van der Waals surface area (Å²) < 4.78 is 24.8. The summed E-state index contributed by atoms with van der Waals surface area (Å²) >= 11 is 0. The average molecular weight is 265 g/mol. The molecule has 5 nitrogen and oxygen atoms in total. The Balaban J connectivity index is 1.99. The van der Waals surface area contributed by atoms with Gasteiger partial charge in [0, 0.05) is 31.9 Å². The number of benzene rings is 1. The molecule has 0 saturated carbocycles. The van der Waals surface area contributed by atoms with E-state index in [4.69, 9.17) is 5.26 Å². The van der Waals surface area contributed by atoms with Crippen molar-refractivity contribution in [1.82, 2.24) is 4.31 Å². The van der Waals surface area contributed by atoms with Gasteiger partial charge in [0.05, 0.1) is 6.07 Å². The molecule has 6 heteroatoms. The van der Waals surface area contributed by atoms with Crippen molar-refractivity contribution in [1.29, 1.82) is 5.26 Å². The van der Waals surface area contributed by atoms with E-state index in [1.165, 1.54) is 4.31 Å². The first-order valence-corrected chi connectivity index (χ1v) is 7.39. The fourth-order valence-electron chi connectivity index (χ4n) is 2.04. The number of anilines is 1. The lowest BCUT2D eigenvalue weighted by molar-refractivity contribution is 0.386. The standard InChI is InChI=1S/C12H15N3O2S/c13-6-11-18(16,17)15-9-7-14(8-10-15)12-4-2-1-3-5-12/h1-5H,7-11H2. The van der Waals surface area contributed by atoms with Crippen LogP contribution in [0.15, 0.2) is 30.3 Å². The quantitative estimate of drug-likeness (QED) is 0.805. The van der Waals surface area contributed by atoms with Gasteiger partial charge in [0.25, 0.3) is 0 Å². The van der Waals surface area contributed by atoms with Gasteiger partial charge in [-0.3, -0.25) is 0 Å². The topological polar surface area (TPSA) is 64.4 Å². The van der Waals surface area contributed by atoms with Crippen molar-refractivity contribution in [3.8, 4) is 6.07 Å². The Morgan fingerprint density at radius 2 is 1.72 bits per heavy atom. The van der Waals surface area contributed by atoms with Gasteiger partial charge in [-0.1, -0.05) is 18.2 Å². The lowest BCUT2D eigenvalue weighted by atomic mass is 10.2. The van der Waals surface area contributed by atoms with Gasteiger partial charge in [0.2, 0.25) is 10.0 Å². The molecule has 0 radical (unpaired) electrons. The second-order valence-corrected chi connectivity index (χ2v) is 6.10. The molecule has 1 saturated heterocycles. The number of para-hydroxylation sites is 1.